The van der Waals surface area contributed by atoms with Gasteiger partial charge in [-0.25, -0.2) is 0 Å². The summed E-state index contributed by atoms with van der Waals surface area (Å²) in [6, 6.07) is 12.3. The predicted molar refractivity (Wildman–Crippen MR) is 87.7 cm³/mol. The Morgan fingerprint density at radius 3 is 2.78 bits per heavy atom. The van der Waals surface area contributed by atoms with Crippen LogP contribution in [0.5, 0.6) is 5.75 Å². The number of phenolic OH excluding ortho intramolecular Hbond substituents is 1. The molecule has 2 unspecified atom stereocenters. The van der Waals surface area contributed by atoms with Gasteiger partial charge in [-0.05, 0) is 47.2 Å². The minimum absolute atomic E-state index is 0.0670. The van der Waals surface area contributed by atoms with Gasteiger partial charge in [-0.2, -0.15) is 0 Å². The van der Waals surface area contributed by atoms with Crippen molar-refractivity contribution in [1.29, 1.82) is 0 Å². The maximum absolute atomic E-state index is 12.5. The van der Waals surface area contributed by atoms with E-state index in [0.29, 0.717) is 5.92 Å². The number of aryl methyl sites for hydroxylation is 1. The number of rotatable bonds is 3. The van der Waals surface area contributed by atoms with Crippen molar-refractivity contribution in [2.24, 2.45) is 11.1 Å². The minimum Gasteiger partial charge on any atom is -0.505 e. The van der Waals surface area contributed by atoms with E-state index in [2.05, 4.69) is 23.5 Å². The lowest BCUT2D eigenvalue weighted by Crippen LogP contribution is -2.35. The Morgan fingerprint density at radius 2 is 2.00 bits per heavy atom. The summed E-state index contributed by atoms with van der Waals surface area (Å²) in [6.45, 7) is 2.10. The quantitative estimate of drug-likeness (QED) is 0.845. The van der Waals surface area contributed by atoms with Crippen molar-refractivity contribution < 1.29 is 9.90 Å². The number of carbonyl (C=O) groups is 1. The number of nitroso groups, excluding NO2 is 1. The summed E-state index contributed by atoms with van der Waals surface area (Å²) in [6.07, 6.45) is 1.99. The fourth-order valence-electron chi connectivity index (χ4n) is 3.15. The Labute approximate surface area is 134 Å². The first-order valence-electron chi connectivity index (χ1n) is 7.66. The van der Waals surface area contributed by atoms with E-state index in [-0.39, 0.29) is 23.0 Å². The molecule has 0 fully saturated rings. The molecule has 0 saturated heterocycles. The molecule has 0 aliphatic heterocycles. The molecule has 1 amide bonds. The van der Waals surface area contributed by atoms with Gasteiger partial charge in [0.1, 0.15) is 5.69 Å². The summed E-state index contributed by atoms with van der Waals surface area (Å²) < 4.78 is 0. The fourth-order valence-corrected chi connectivity index (χ4v) is 3.15. The van der Waals surface area contributed by atoms with Crippen LogP contribution in [0.15, 0.2) is 47.6 Å². The van der Waals surface area contributed by atoms with Gasteiger partial charge < -0.3 is 10.4 Å². The third kappa shape index (κ3) is 2.82. The van der Waals surface area contributed by atoms with Crippen LogP contribution in [-0.2, 0) is 6.42 Å². The van der Waals surface area contributed by atoms with E-state index in [0.717, 1.165) is 18.4 Å². The Kier molecular flexibility index (Phi) is 4.10. The zero-order valence-electron chi connectivity index (χ0n) is 12.8. The van der Waals surface area contributed by atoms with Gasteiger partial charge in [0, 0.05) is 0 Å². The van der Waals surface area contributed by atoms with E-state index in [1.165, 1.54) is 23.8 Å². The molecule has 2 aromatic rings. The largest absolute Gasteiger partial charge is 0.505 e. The van der Waals surface area contributed by atoms with Gasteiger partial charge in [0.05, 0.1) is 11.6 Å². The zero-order chi connectivity index (χ0) is 16.4. The molecule has 2 atom stereocenters. The number of carbonyl (C=O) groups excluding carboxylic acids is 1. The summed E-state index contributed by atoms with van der Waals surface area (Å²) >= 11 is 0. The summed E-state index contributed by atoms with van der Waals surface area (Å²) in [5.74, 6) is -0.485. The highest BCUT2D eigenvalue weighted by atomic mass is 16.3. The van der Waals surface area contributed by atoms with Crippen LogP contribution >= 0.6 is 0 Å². The predicted octanol–water partition coefficient (Wildman–Crippen LogP) is 3.84. The van der Waals surface area contributed by atoms with Gasteiger partial charge in [0.2, 0.25) is 0 Å². The Morgan fingerprint density at radius 1 is 1.22 bits per heavy atom. The topological polar surface area (TPSA) is 78.8 Å². The summed E-state index contributed by atoms with van der Waals surface area (Å²) in [5, 5.41) is 15.7. The molecule has 118 valence electrons. The fraction of sp³-hybridized carbons (Fsp3) is 0.278. The molecule has 0 aromatic heterocycles. The Hall–Kier alpha value is -2.69. The maximum atomic E-state index is 12.5. The Balaban J connectivity index is 1.90. The lowest BCUT2D eigenvalue weighted by Gasteiger charge is -2.32. The molecule has 0 radical (unpaired) electrons. The molecule has 5 heteroatoms. The molecule has 0 heterocycles. The SMILES string of the molecule is CC1CCc2ccccc2C1NC(=O)c1cccc(N=O)c1O. The van der Waals surface area contributed by atoms with Crippen molar-refractivity contribution in [2.75, 3.05) is 0 Å². The number of para-hydroxylation sites is 1. The van der Waals surface area contributed by atoms with Gasteiger partial charge in [-0.15, -0.1) is 4.91 Å². The molecular formula is C18H18N2O3. The summed E-state index contributed by atoms with van der Waals surface area (Å²) in [7, 11) is 0. The molecule has 0 spiro atoms. The van der Waals surface area contributed by atoms with Crippen LogP contribution in [0, 0.1) is 10.8 Å². The summed E-state index contributed by atoms with van der Waals surface area (Å²) in [4.78, 5) is 23.2. The lowest BCUT2D eigenvalue weighted by molar-refractivity contribution is 0.0916. The van der Waals surface area contributed by atoms with Crippen LogP contribution in [0.3, 0.4) is 0 Å². The molecule has 5 nitrogen and oxygen atoms in total. The Bertz CT molecular complexity index is 758. The second-order valence-electron chi connectivity index (χ2n) is 5.93. The number of benzene rings is 2. The van der Waals surface area contributed by atoms with Gasteiger partial charge in [0.25, 0.3) is 5.91 Å². The normalized spacial score (nSPS) is 19.7. The second kappa shape index (κ2) is 6.20. The van der Waals surface area contributed by atoms with Crippen molar-refractivity contribution in [2.45, 2.75) is 25.8 Å². The van der Waals surface area contributed by atoms with E-state index in [1.807, 2.05) is 18.2 Å². The van der Waals surface area contributed by atoms with Crippen LogP contribution < -0.4 is 5.32 Å². The molecule has 2 aromatic carbocycles. The molecular weight excluding hydrogens is 292 g/mol. The number of aromatic hydroxyl groups is 1. The number of phenols is 1. The lowest BCUT2D eigenvalue weighted by atomic mass is 9.80. The van der Waals surface area contributed by atoms with E-state index >= 15 is 0 Å². The van der Waals surface area contributed by atoms with Crippen LogP contribution in [0.2, 0.25) is 0 Å². The average molecular weight is 310 g/mol. The number of hydrogen-bond acceptors (Lipinski definition) is 4. The van der Waals surface area contributed by atoms with Gasteiger partial charge >= 0.3 is 0 Å². The summed E-state index contributed by atoms with van der Waals surface area (Å²) in [5.41, 5.74) is 2.29. The molecule has 0 saturated carbocycles. The van der Waals surface area contributed by atoms with E-state index in [9.17, 15) is 14.8 Å². The molecule has 23 heavy (non-hydrogen) atoms. The second-order valence-corrected chi connectivity index (χ2v) is 5.93. The highest BCUT2D eigenvalue weighted by Crippen LogP contribution is 2.35. The monoisotopic (exact) mass is 310 g/mol. The number of amides is 1. The number of hydrogen-bond donors (Lipinski definition) is 2. The number of nitrogens with zero attached hydrogens (tertiary/aromatic N) is 1. The van der Waals surface area contributed by atoms with Gasteiger partial charge in [-0.3, -0.25) is 4.79 Å². The van der Waals surface area contributed by atoms with Gasteiger partial charge in [0.15, 0.2) is 5.75 Å². The van der Waals surface area contributed by atoms with E-state index < -0.39 is 5.91 Å². The number of nitrogens with one attached hydrogen (secondary N) is 1. The van der Waals surface area contributed by atoms with Gasteiger partial charge in [-0.1, -0.05) is 37.3 Å². The van der Waals surface area contributed by atoms with Crippen molar-refractivity contribution in [1.82, 2.24) is 5.32 Å². The maximum Gasteiger partial charge on any atom is 0.255 e. The van der Waals surface area contributed by atoms with Crippen molar-refractivity contribution in [3.8, 4) is 5.75 Å². The van der Waals surface area contributed by atoms with Crippen LogP contribution in [0.1, 0.15) is 40.9 Å². The first-order chi connectivity index (χ1) is 11.1. The smallest absolute Gasteiger partial charge is 0.255 e. The molecule has 0 bridgehead atoms. The van der Waals surface area contributed by atoms with E-state index in [1.54, 1.807) is 0 Å². The minimum atomic E-state index is -0.401. The van der Waals surface area contributed by atoms with Crippen molar-refractivity contribution in [3.05, 3.63) is 64.1 Å². The van der Waals surface area contributed by atoms with E-state index in [4.69, 9.17) is 0 Å². The van der Waals surface area contributed by atoms with Crippen molar-refractivity contribution in [3.63, 3.8) is 0 Å². The highest BCUT2D eigenvalue weighted by molar-refractivity contribution is 5.98. The number of fused-ring (bicyclic) bond motifs is 1. The average Bonchev–Trinajstić information content (AvgIpc) is 2.57. The van der Waals surface area contributed by atoms with Crippen LogP contribution in [-0.4, -0.2) is 11.0 Å². The highest BCUT2D eigenvalue weighted by Gasteiger charge is 2.28. The molecule has 1 aliphatic carbocycles. The zero-order valence-corrected chi connectivity index (χ0v) is 12.8. The first kappa shape index (κ1) is 15.2. The molecule has 3 rings (SSSR count). The first-order valence-corrected chi connectivity index (χ1v) is 7.66. The standard InChI is InChI=1S/C18H18N2O3/c1-11-9-10-12-5-2-3-6-13(12)16(11)19-18(22)14-7-4-8-15(20-23)17(14)21/h2-8,11,16,21H,9-10H2,1H3,(H,19,22). The third-order valence-electron chi connectivity index (χ3n) is 4.47. The van der Waals surface area contributed by atoms with Crippen LogP contribution in [0.4, 0.5) is 5.69 Å². The van der Waals surface area contributed by atoms with Crippen LogP contribution in [0.25, 0.3) is 0 Å². The molecule has 2 N–H and O–H groups in total. The van der Waals surface area contributed by atoms with Crippen molar-refractivity contribution >= 4 is 11.6 Å². The molecule has 1 aliphatic rings. The third-order valence-corrected chi connectivity index (χ3v) is 4.47.